The van der Waals surface area contributed by atoms with Crippen molar-refractivity contribution in [3.63, 3.8) is 0 Å². The molecular weight excluding hydrogens is 375 g/mol. The standard InChI is InChI=1S/C20H19FN6O2/c1-3-27-13(2)16(10-23-27)18-8-19(29-25-18)20(28)24-15-9-22-26(12-15)11-14-6-4-5-7-17(14)21/h4-10,12H,3,11H2,1-2H3,(H,24,28). The maximum absolute atomic E-state index is 13.8. The predicted molar refractivity (Wildman–Crippen MR) is 104 cm³/mol. The van der Waals surface area contributed by atoms with Crippen molar-refractivity contribution in [3.05, 3.63) is 71.8 Å². The number of amides is 1. The maximum Gasteiger partial charge on any atom is 0.294 e. The lowest BCUT2D eigenvalue weighted by Gasteiger charge is -2.02. The van der Waals surface area contributed by atoms with Crippen molar-refractivity contribution in [2.24, 2.45) is 0 Å². The van der Waals surface area contributed by atoms with E-state index in [0.717, 1.165) is 17.8 Å². The van der Waals surface area contributed by atoms with E-state index in [9.17, 15) is 9.18 Å². The van der Waals surface area contributed by atoms with Gasteiger partial charge >= 0.3 is 0 Å². The Morgan fingerprint density at radius 1 is 1.24 bits per heavy atom. The van der Waals surface area contributed by atoms with Gasteiger partial charge in [0.2, 0.25) is 5.76 Å². The third kappa shape index (κ3) is 3.79. The van der Waals surface area contributed by atoms with Crippen LogP contribution >= 0.6 is 0 Å². The van der Waals surface area contributed by atoms with E-state index < -0.39 is 5.91 Å². The Labute approximate surface area is 165 Å². The number of nitrogens with zero attached hydrogens (tertiary/aromatic N) is 5. The zero-order valence-electron chi connectivity index (χ0n) is 16.0. The van der Waals surface area contributed by atoms with Crippen molar-refractivity contribution in [2.45, 2.75) is 26.9 Å². The third-order valence-electron chi connectivity index (χ3n) is 4.59. The van der Waals surface area contributed by atoms with E-state index >= 15 is 0 Å². The largest absolute Gasteiger partial charge is 0.350 e. The lowest BCUT2D eigenvalue weighted by atomic mass is 10.2. The van der Waals surface area contributed by atoms with Crippen LogP contribution in [0, 0.1) is 12.7 Å². The second kappa shape index (κ2) is 7.70. The predicted octanol–water partition coefficient (Wildman–Crippen LogP) is 3.50. The minimum Gasteiger partial charge on any atom is -0.350 e. The monoisotopic (exact) mass is 394 g/mol. The molecule has 1 aromatic carbocycles. The van der Waals surface area contributed by atoms with E-state index in [1.807, 2.05) is 18.5 Å². The lowest BCUT2D eigenvalue weighted by Crippen LogP contribution is -2.10. The van der Waals surface area contributed by atoms with Crippen LogP contribution in [0.1, 0.15) is 28.7 Å². The van der Waals surface area contributed by atoms with E-state index in [1.54, 1.807) is 41.3 Å². The molecule has 0 aliphatic heterocycles. The molecule has 0 saturated carbocycles. The Bertz CT molecular complexity index is 1160. The highest BCUT2D eigenvalue weighted by Crippen LogP contribution is 2.23. The van der Waals surface area contributed by atoms with E-state index in [1.165, 1.54) is 12.3 Å². The fourth-order valence-corrected chi connectivity index (χ4v) is 3.03. The molecule has 0 aliphatic carbocycles. The molecule has 0 spiro atoms. The van der Waals surface area contributed by atoms with Gasteiger partial charge in [-0.2, -0.15) is 10.2 Å². The smallest absolute Gasteiger partial charge is 0.294 e. The van der Waals surface area contributed by atoms with E-state index in [4.69, 9.17) is 4.52 Å². The van der Waals surface area contributed by atoms with Crippen molar-refractivity contribution >= 4 is 11.6 Å². The molecule has 1 N–H and O–H groups in total. The second-order valence-electron chi connectivity index (χ2n) is 6.51. The van der Waals surface area contributed by atoms with Crippen LogP contribution in [0.25, 0.3) is 11.3 Å². The van der Waals surface area contributed by atoms with Gasteiger partial charge in [-0.25, -0.2) is 4.39 Å². The number of rotatable bonds is 6. The summed E-state index contributed by atoms with van der Waals surface area (Å²) in [4.78, 5) is 12.5. The molecule has 0 bridgehead atoms. The van der Waals surface area contributed by atoms with Gasteiger partial charge in [0.15, 0.2) is 0 Å². The molecule has 0 radical (unpaired) electrons. The normalized spacial score (nSPS) is 11.0. The SMILES string of the molecule is CCn1ncc(-c2cc(C(=O)Nc3cnn(Cc4ccccc4F)c3)on2)c1C. The highest BCUT2D eigenvalue weighted by molar-refractivity contribution is 6.02. The average Bonchev–Trinajstić information content (AvgIpc) is 3.43. The first-order valence-corrected chi connectivity index (χ1v) is 9.12. The first-order valence-electron chi connectivity index (χ1n) is 9.12. The summed E-state index contributed by atoms with van der Waals surface area (Å²) in [6.07, 6.45) is 4.81. The number of benzene rings is 1. The molecule has 8 nitrogen and oxygen atoms in total. The van der Waals surface area contributed by atoms with Crippen molar-refractivity contribution in [1.29, 1.82) is 0 Å². The fraction of sp³-hybridized carbons (Fsp3) is 0.200. The van der Waals surface area contributed by atoms with Crippen LogP contribution in [0.15, 0.2) is 53.4 Å². The summed E-state index contributed by atoms with van der Waals surface area (Å²) in [5, 5.41) is 15.1. The van der Waals surface area contributed by atoms with Crippen molar-refractivity contribution in [3.8, 4) is 11.3 Å². The van der Waals surface area contributed by atoms with Crippen LogP contribution in [0.2, 0.25) is 0 Å². The first kappa shape index (κ1) is 18.6. The molecule has 9 heteroatoms. The molecule has 148 valence electrons. The van der Waals surface area contributed by atoms with Crippen LogP contribution in [0.4, 0.5) is 10.1 Å². The van der Waals surface area contributed by atoms with Gasteiger partial charge in [-0.3, -0.25) is 14.2 Å². The third-order valence-corrected chi connectivity index (χ3v) is 4.59. The zero-order valence-corrected chi connectivity index (χ0v) is 16.0. The zero-order chi connectivity index (χ0) is 20.4. The van der Waals surface area contributed by atoms with Crippen LogP contribution in [-0.2, 0) is 13.1 Å². The minimum atomic E-state index is -0.449. The molecule has 3 heterocycles. The van der Waals surface area contributed by atoms with Gasteiger partial charge in [-0.1, -0.05) is 23.4 Å². The van der Waals surface area contributed by atoms with Gasteiger partial charge in [0.05, 0.1) is 24.6 Å². The Morgan fingerprint density at radius 2 is 2.07 bits per heavy atom. The summed E-state index contributed by atoms with van der Waals surface area (Å²) < 4.78 is 22.4. The number of hydrogen-bond acceptors (Lipinski definition) is 5. The molecule has 0 atom stereocenters. The Hall–Kier alpha value is -3.75. The van der Waals surface area contributed by atoms with Gasteiger partial charge in [0.25, 0.3) is 5.91 Å². The number of halogens is 1. The van der Waals surface area contributed by atoms with E-state index in [-0.39, 0.29) is 18.1 Å². The Morgan fingerprint density at radius 3 is 2.83 bits per heavy atom. The number of carbonyl (C=O) groups excluding carboxylic acids is 1. The topological polar surface area (TPSA) is 90.8 Å². The van der Waals surface area contributed by atoms with E-state index in [0.29, 0.717) is 16.9 Å². The molecule has 1 amide bonds. The maximum atomic E-state index is 13.8. The summed E-state index contributed by atoms with van der Waals surface area (Å²) in [5.74, 6) is -0.676. The van der Waals surface area contributed by atoms with Gasteiger partial charge in [-0.15, -0.1) is 0 Å². The number of anilines is 1. The number of hydrogen-bond donors (Lipinski definition) is 1. The molecule has 3 aromatic heterocycles. The van der Waals surface area contributed by atoms with E-state index in [2.05, 4.69) is 20.7 Å². The summed E-state index contributed by atoms with van der Waals surface area (Å²) in [5.41, 5.74) is 3.28. The summed E-state index contributed by atoms with van der Waals surface area (Å²) >= 11 is 0. The number of aryl methyl sites for hydroxylation is 1. The number of aromatic nitrogens is 5. The van der Waals surface area contributed by atoms with Crippen molar-refractivity contribution in [1.82, 2.24) is 24.7 Å². The molecule has 0 saturated heterocycles. The molecular formula is C20H19FN6O2. The lowest BCUT2D eigenvalue weighted by molar-refractivity contribution is 0.0988. The van der Waals surface area contributed by atoms with Gasteiger partial charge in [0, 0.05) is 35.6 Å². The van der Waals surface area contributed by atoms with Gasteiger partial charge in [-0.05, 0) is 19.9 Å². The van der Waals surface area contributed by atoms with Gasteiger partial charge in [0.1, 0.15) is 11.5 Å². The quantitative estimate of drug-likeness (QED) is 0.540. The second-order valence-corrected chi connectivity index (χ2v) is 6.51. The number of carbonyl (C=O) groups is 1. The molecule has 0 unspecified atom stereocenters. The summed E-state index contributed by atoms with van der Waals surface area (Å²) in [7, 11) is 0. The molecule has 0 fully saturated rings. The molecule has 29 heavy (non-hydrogen) atoms. The average molecular weight is 394 g/mol. The highest BCUT2D eigenvalue weighted by Gasteiger charge is 2.18. The van der Waals surface area contributed by atoms with Gasteiger partial charge < -0.3 is 9.84 Å². The molecule has 4 aromatic rings. The van der Waals surface area contributed by atoms with Crippen LogP contribution in [-0.4, -0.2) is 30.6 Å². The highest BCUT2D eigenvalue weighted by atomic mass is 19.1. The fourth-order valence-electron chi connectivity index (χ4n) is 3.03. The minimum absolute atomic E-state index is 0.0745. The Kier molecular flexibility index (Phi) is 4.94. The first-order chi connectivity index (χ1) is 14.0. The van der Waals surface area contributed by atoms with Crippen LogP contribution < -0.4 is 5.32 Å². The summed E-state index contributed by atoms with van der Waals surface area (Å²) in [6, 6.07) is 8.05. The van der Waals surface area contributed by atoms with Crippen molar-refractivity contribution < 1.29 is 13.7 Å². The van der Waals surface area contributed by atoms with Crippen LogP contribution in [0.5, 0.6) is 0 Å². The molecule has 0 aliphatic rings. The Balaban J connectivity index is 1.45. The number of nitrogens with one attached hydrogen (secondary N) is 1. The van der Waals surface area contributed by atoms with Crippen LogP contribution in [0.3, 0.4) is 0 Å². The summed E-state index contributed by atoms with van der Waals surface area (Å²) in [6.45, 7) is 4.94. The molecule has 4 rings (SSSR count). The van der Waals surface area contributed by atoms with Crippen molar-refractivity contribution in [2.75, 3.05) is 5.32 Å².